The van der Waals surface area contributed by atoms with E-state index in [0.717, 1.165) is 5.56 Å². The van der Waals surface area contributed by atoms with E-state index in [0.29, 0.717) is 47.4 Å². The first-order valence-electron chi connectivity index (χ1n) is 14.2. The van der Waals surface area contributed by atoms with E-state index in [-0.39, 0.29) is 11.0 Å². The highest BCUT2D eigenvalue weighted by Crippen LogP contribution is 2.47. The molecule has 3 aromatic rings. The molecule has 2 aromatic heterocycles. The third-order valence-corrected chi connectivity index (χ3v) is 12.3. The van der Waals surface area contributed by atoms with Crippen molar-refractivity contribution in [1.82, 2.24) is 19.9 Å². The number of hydrogen-bond donors (Lipinski definition) is 1. The number of carbonyl (C=O) groups is 1. The van der Waals surface area contributed by atoms with E-state index in [1.165, 1.54) is 13.4 Å². The van der Waals surface area contributed by atoms with Crippen LogP contribution in [0.3, 0.4) is 0 Å². The second-order valence-corrected chi connectivity index (χ2v) is 18.3. The Morgan fingerprint density at radius 3 is 2.51 bits per heavy atom. The molecule has 1 atom stereocenters. The Hall–Kier alpha value is -4.08. The third kappa shape index (κ3) is 6.78. The predicted molar refractivity (Wildman–Crippen MR) is 168 cm³/mol. The molecule has 0 saturated carbocycles. The van der Waals surface area contributed by atoms with Gasteiger partial charge < -0.3 is 19.2 Å². The van der Waals surface area contributed by atoms with Crippen LogP contribution in [0.1, 0.15) is 59.6 Å². The lowest BCUT2D eigenvalue weighted by atomic mass is 9.83. The van der Waals surface area contributed by atoms with Crippen LogP contribution < -0.4 is 15.0 Å². The number of pyridine rings is 1. The zero-order valence-corrected chi connectivity index (χ0v) is 27.7. The average Bonchev–Trinajstić information content (AvgIpc) is 3.23. The van der Waals surface area contributed by atoms with E-state index in [1.807, 2.05) is 26.8 Å². The number of rotatable bonds is 7. The minimum Gasteiger partial charge on any atom is -0.480 e. The molecule has 4 rings (SSSR count). The molecule has 3 heterocycles. The van der Waals surface area contributed by atoms with E-state index >= 15 is 0 Å². The largest absolute Gasteiger partial charge is 0.480 e. The van der Waals surface area contributed by atoms with Crippen LogP contribution in [0.15, 0.2) is 36.8 Å². The van der Waals surface area contributed by atoms with Gasteiger partial charge in [0, 0.05) is 30.3 Å². The van der Waals surface area contributed by atoms with E-state index in [9.17, 15) is 10.1 Å². The summed E-state index contributed by atoms with van der Waals surface area (Å²) in [5.74, 6) is 1.05. The molecular weight excluding hydrogens is 562 g/mol. The average molecular weight is 604 g/mol. The topological polar surface area (TPSA) is 135 Å². The van der Waals surface area contributed by atoms with Gasteiger partial charge in [0.1, 0.15) is 23.7 Å². The summed E-state index contributed by atoms with van der Waals surface area (Å²) in [6.45, 7) is 19.2. The molecule has 11 nitrogen and oxygen atoms in total. The van der Waals surface area contributed by atoms with Gasteiger partial charge in [0.15, 0.2) is 14.1 Å². The minimum absolute atomic E-state index is 0.000539. The molecule has 0 radical (unpaired) electrons. The van der Waals surface area contributed by atoms with Gasteiger partial charge in [-0.2, -0.15) is 10.2 Å². The Morgan fingerprint density at radius 2 is 1.88 bits per heavy atom. The van der Waals surface area contributed by atoms with Crippen molar-refractivity contribution in [3.63, 3.8) is 0 Å². The molecular formula is C31H41N7O4Si. The Labute approximate surface area is 254 Å². The summed E-state index contributed by atoms with van der Waals surface area (Å²) < 4.78 is 17.8. The van der Waals surface area contributed by atoms with Crippen molar-refractivity contribution in [2.24, 2.45) is 0 Å². The van der Waals surface area contributed by atoms with E-state index in [1.54, 1.807) is 29.3 Å². The molecule has 12 heteroatoms. The van der Waals surface area contributed by atoms with Gasteiger partial charge in [-0.3, -0.25) is 4.90 Å². The summed E-state index contributed by atoms with van der Waals surface area (Å²) in [5, 5.41) is 13.4. The van der Waals surface area contributed by atoms with Gasteiger partial charge in [0.2, 0.25) is 11.8 Å². The van der Waals surface area contributed by atoms with Crippen molar-refractivity contribution in [2.75, 3.05) is 30.5 Å². The van der Waals surface area contributed by atoms with Crippen molar-refractivity contribution in [3.05, 3.63) is 47.9 Å². The number of anilines is 3. The Bertz CT molecular complexity index is 1560. The first kappa shape index (κ1) is 31.8. The maximum Gasteiger partial charge on any atom is 0.414 e. The zero-order chi connectivity index (χ0) is 31.8. The molecule has 1 amide bonds. The fourth-order valence-corrected chi connectivity index (χ4v) is 5.64. The quantitative estimate of drug-likeness (QED) is 0.295. The van der Waals surface area contributed by atoms with Gasteiger partial charge in [-0.15, -0.1) is 0 Å². The van der Waals surface area contributed by atoms with Crippen molar-refractivity contribution in [2.45, 2.75) is 77.6 Å². The molecule has 43 heavy (non-hydrogen) atoms. The number of carbonyl (C=O) groups excluding carboxylic acids is 1. The minimum atomic E-state index is -2.14. The van der Waals surface area contributed by atoms with Crippen LogP contribution in [0.2, 0.25) is 18.1 Å². The number of fused-ring (bicyclic) bond motifs is 1. The predicted octanol–water partition coefficient (Wildman–Crippen LogP) is 6.59. The van der Waals surface area contributed by atoms with Crippen LogP contribution >= 0.6 is 0 Å². The number of methoxy groups -OCH3 is 1. The van der Waals surface area contributed by atoms with Gasteiger partial charge in [-0.25, -0.2) is 19.7 Å². The standard InChI is InChI=1S/C31H41N7O4Si/c1-29(2,3)42-28(39)38-17-31(7,18-41-43(9,10)30(4,5)6)22-15-20(14-21(16-32)24(22)38)25-34-19-35-27(37-25)36-23-12-11-13-33-26(23)40-8/h11-15,19H,17-18H2,1-10H3,(H,34,35,36,37)/t31-/m1/s1. The second-order valence-electron chi connectivity index (χ2n) is 13.5. The molecule has 0 spiro atoms. The van der Waals surface area contributed by atoms with Crippen LogP contribution in [0.5, 0.6) is 5.88 Å². The summed E-state index contributed by atoms with van der Waals surface area (Å²) in [7, 11) is -0.602. The lowest BCUT2D eigenvalue weighted by molar-refractivity contribution is 0.0575. The van der Waals surface area contributed by atoms with E-state index in [4.69, 9.17) is 13.9 Å². The number of benzene rings is 1. The van der Waals surface area contributed by atoms with Gasteiger partial charge in [0.05, 0.1) is 18.4 Å². The molecule has 1 aromatic carbocycles. The molecule has 228 valence electrons. The fraction of sp³-hybridized carbons (Fsp3) is 0.484. The summed E-state index contributed by atoms with van der Waals surface area (Å²) in [6, 6.07) is 9.51. The monoisotopic (exact) mass is 603 g/mol. The lowest BCUT2D eigenvalue weighted by Gasteiger charge is -2.39. The zero-order valence-electron chi connectivity index (χ0n) is 26.7. The van der Waals surface area contributed by atoms with Crippen LogP contribution in [0, 0.1) is 11.3 Å². The molecule has 1 aliphatic rings. The highest BCUT2D eigenvalue weighted by Gasteiger charge is 2.47. The number of aromatic nitrogens is 4. The van der Waals surface area contributed by atoms with Gasteiger partial charge in [-0.1, -0.05) is 27.7 Å². The molecule has 0 fully saturated rings. The molecule has 0 unspecified atom stereocenters. The molecule has 0 saturated heterocycles. The van der Waals surface area contributed by atoms with E-state index in [2.05, 4.69) is 72.1 Å². The SMILES string of the molecule is COc1ncccc1Nc1ncnc(-c2cc(C#N)c3c(c2)[C@@](C)(CO[Si](C)(C)C(C)(C)C)CN3C(=O)OC(C)(C)C)n1. The van der Waals surface area contributed by atoms with Crippen molar-refractivity contribution < 1.29 is 18.7 Å². The maximum absolute atomic E-state index is 13.5. The number of nitrogens with zero attached hydrogens (tertiary/aromatic N) is 6. The summed E-state index contributed by atoms with van der Waals surface area (Å²) in [6.07, 6.45) is 2.52. The van der Waals surface area contributed by atoms with E-state index < -0.39 is 25.4 Å². The normalized spacial score (nSPS) is 16.8. The van der Waals surface area contributed by atoms with Crippen LogP contribution in [-0.2, 0) is 14.6 Å². The number of nitriles is 1. The van der Waals surface area contributed by atoms with Crippen LogP contribution in [0.25, 0.3) is 11.4 Å². The van der Waals surface area contributed by atoms with Gasteiger partial charge in [0.25, 0.3) is 0 Å². The van der Waals surface area contributed by atoms with Crippen molar-refractivity contribution >= 4 is 31.7 Å². The Morgan fingerprint density at radius 1 is 1.16 bits per heavy atom. The highest BCUT2D eigenvalue weighted by atomic mass is 28.4. The van der Waals surface area contributed by atoms with Crippen LogP contribution in [0.4, 0.5) is 22.1 Å². The highest BCUT2D eigenvalue weighted by molar-refractivity contribution is 6.74. The van der Waals surface area contributed by atoms with Gasteiger partial charge >= 0.3 is 6.09 Å². The van der Waals surface area contributed by atoms with Crippen molar-refractivity contribution in [3.8, 4) is 23.3 Å². The van der Waals surface area contributed by atoms with Gasteiger partial charge in [-0.05, 0) is 68.7 Å². The lowest BCUT2D eigenvalue weighted by Crippen LogP contribution is -2.46. The first-order valence-corrected chi connectivity index (χ1v) is 17.1. The number of nitrogens with one attached hydrogen (secondary N) is 1. The molecule has 1 N–H and O–H groups in total. The summed E-state index contributed by atoms with van der Waals surface area (Å²) >= 11 is 0. The molecule has 0 bridgehead atoms. The Kier molecular flexibility index (Phi) is 8.55. The first-order chi connectivity index (χ1) is 20.0. The summed E-state index contributed by atoms with van der Waals surface area (Å²) in [4.78, 5) is 32.5. The van der Waals surface area contributed by atoms with Crippen LogP contribution in [-0.4, -0.2) is 60.2 Å². The number of hydrogen-bond acceptors (Lipinski definition) is 10. The van der Waals surface area contributed by atoms with Crippen molar-refractivity contribution in [1.29, 1.82) is 5.26 Å². The maximum atomic E-state index is 13.5. The second kappa shape index (κ2) is 11.5. The number of ether oxygens (including phenoxy) is 2. The fourth-order valence-electron chi connectivity index (χ4n) is 4.53. The third-order valence-electron chi connectivity index (χ3n) is 7.87. The smallest absolute Gasteiger partial charge is 0.414 e. The number of amides is 1. The molecule has 0 aliphatic carbocycles. The summed E-state index contributed by atoms with van der Waals surface area (Å²) in [5.41, 5.74) is 1.52. The molecule has 1 aliphatic heterocycles. The Balaban J connectivity index is 1.80.